The van der Waals surface area contributed by atoms with Gasteiger partial charge >= 0.3 is 0 Å². The summed E-state index contributed by atoms with van der Waals surface area (Å²) in [5.74, 6) is 1.48. The molecule has 0 heterocycles. The zero-order valence-electron chi connectivity index (χ0n) is 10.6. The van der Waals surface area contributed by atoms with Crippen molar-refractivity contribution >= 4 is 0 Å². The highest BCUT2D eigenvalue weighted by molar-refractivity contribution is 5.18. The van der Waals surface area contributed by atoms with Crippen LogP contribution in [0.2, 0.25) is 0 Å². The first-order valence-electron chi connectivity index (χ1n) is 6.39. The number of ether oxygens (including phenoxy) is 2. The molecule has 2 aliphatic rings. The van der Waals surface area contributed by atoms with Gasteiger partial charge in [0.15, 0.2) is 0 Å². The molecule has 0 unspecified atom stereocenters. The average molecular weight is 224 g/mol. The Balaban J connectivity index is 2.20. The molecular weight excluding hydrogens is 200 g/mol. The van der Waals surface area contributed by atoms with Crippen LogP contribution in [0, 0.1) is 17.3 Å². The minimum atomic E-state index is 0.214. The molecule has 0 saturated heterocycles. The van der Waals surface area contributed by atoms with Crippen LogP contribution in [0.5, 0.6) is 0 Å². The largest absolute Gasteiger partial charge is 0.384 e. The molecule has 92 valence electrons. The molecular formula is C14H24O2. The van der Waals surface area contributed by atoms with Crippen molar-refractivity contribution in [3.8, 4) is 0 Å². The van der Waals surface area contributed by atoms with Crippen molar-refractivity contribution < 1.29 is 9.47 Å². The number of hydrogen-bond donors (Lipinski definition) is 0. The lowest BCUT2D eigenvalue weighted by molar-refractivity contribution is -0.0299. The number of rotatable bonds is 4. The highest BCUT2D eigenvalue weighted by Crippen LogP contribution is 2.55. The van der Waals surface area contributed by atoms with E-state index in [0.717, 1.165) is 31.5 Å². The molecule has 0 radical (unpaired) electrons. The molecule has 0 amide bonds. The SMILES string of the molecule is C=C1CC(COC)(COC)[C@H]2CCCC[C@H]12. The van der Waals surface area contributed by atoms with Crippen molar-refractivity contribution in [1.29, 1.82) is 0 Å². The van der Waals surface area contributed by atoms with E-state index in [1.165, 1.54) is 31.3 Å². The molecule has 0 spiro atoms. The first kappa shape index (κ1) is 12.1. The minimum absolute atomic E-state index is 0.214. The number of hydrogen-bond acceptors (Lipinski definition) is 2. The summed E-state index contributed by atoms with van der Waals surface area (Å²) in [6.07, 6.45) is 6.50. The van der Waals surface area contributed by atoms with Gasteiger partial charge in [-0.25, -0.2) is 0 Å². The molecule has 2 saturated carbocycles. The van der Waals surface area contributed by atoms with E-state index in [-0.39, 0.29) is 5.41 Å². The van der Waals surface area contributed by atoms with Gasteiger partial charge in [0, 0.05) is 19.6 Å². The average Bonchev–Trinajstić information content (AvgIpc) is 2.55. The second kappa shape index (κ2) is 4.89. The molecule has 2 nitrogen and oxygen atoms in total. The summed E-state index contributed by atoms with van der Waals surface area (Å²) >= 11 is 0. The highest BCUT2D eigenvalue weighted by atomic mass is 16.5. The molecule has 2 rings (SSSR count). The van der Waals surface area contributed by atoms with Crippen molar-refractivity contribution in [2.45, 2.75) is 32.1 Å². The van der Waals surface area contributed by atoms with E-state index in [1.54, 1.807) is 14.2 Å². The second-order valence-corrected chi connectivity index (χ2v) is 5.56. The number of methoxy groups -OCH3 is 2. The Bertz CT molecular complexity index is 253. The smallest absolute Gasteiger partial charge is 0.0546 e. The fourth-order valence-corrected chi connectivity index (χ4v) is 4.00. The summed E-state index contributed by atoms with van der Waals surface area (Å²) in [6, 6.07) is 0. The normalized spacial score (nSPS) is 32.8. The molecule has 0 aliphatic heterocycles. The number of fused-ring (bicyclic) bond motifs is 1. The van der Waals surface area contributed by atoms with Crippen LogP contribution in [0.15, 0.2) is 12.2 Å². The summed E-state index contributed by atoms with van der Waals surface area (Å²) in [5.41, 5.74) is 1.66. The predicted molar refractivity (Wildman–Crippen MR) is 65.4 cm³/mol. The van der Waals surface area contributed by atoms with Gasteiger partial charge in [-0.1, -0.05) is 25.0 Å². The maximum Gasteiger partial charge on any atom is 0.0546 e. The van der Waals surface area contributed by atoms with E-state index < -0.39 is 0 Å². The summed E-state index contributed by atoms with van der Waals surface area (Å²) in [7, 11) is 3.60. The van der Waals surface area contributed by atoms with Gasteiger partial charge in [0.1, 0.15) is 0 Å². The fourth-order valence-electron chi connectivity index (χ4n) is 4.00. The fraction of sp³-hybridized carbons (Fsp3) is 0.857. The lowest BCUT2D eigenvalue weighted by atomic mass is 9.70. The first-order chi connectivity index (χ1) is 7.73. The van der Waals surface area contributed by atoms with Crippen LogP contribution in [-0.4, -0.2) is 27.4 Å². The molecule has 16 heavy (non-hydrogen) atoms. The van der Waals surface area contributed by atoms with E-state index in [1.807, 2.05) is 0 Å². The predicted octanol–water partition coefficient (Wildman–Crippen LogP) is 3.03. The Morgan fingerprint density at radius 3 is 2.44 bits per heavy atom. The van der Waals surface area contributed by atoms with Crippen molar-refractivity contribution in [3.63, 3.8) is 0 Å². The van der Waals surface area contributed by atoms with Crippen molar-refractivity contribution in [2.75, 3.05) is 27.4 Å². The van der Waals surface area contributed by atoms with Gasteiger partial charge in [-0.3, -0.25) is 0 Å². The molecule has 2 heteroatoms. The second-order valence-electron chi connectivity index (χ2n) is 5.56. The Kier molecular flexibility index (Phi) is 3.70. The summed E-state index contributed by atoms with van der Waals surface area (Å²) in [4.78, 5) is 0. The maximum absolute atomic E-state index is 5.46. The number of allylic oxidation sites excluding steroid dienone is 1. The molecule has 2 atom stereocenters. The molecule has 0 aromatic heterocycles. The Hall–Kier alpha value is -0.340. The van der Waals surface area contributed by atoms with Crippen LogP contribution in [0.1, 0.15) is 32.1 Å². The standard InChI is InChI=1S/C14H24O2/c1-11-8-14(9-15-2,10-16-3)13-7-5-4-6-12(11)13/h12-13H,1,4-10H2,2-3H3/t12-,13+/m1/s1. The van der Waals surface area contributed by atoms with E-state index in [2.05, 4.69) is 6.58 Å². The lowest BCUT2D eigenvalue weighted by Crippen LogP contribution is -2.38. The van der Waals surface area contributed by atoms with E-state index in [4.69, 9.17) is 9.47 Å². The van der Waals surface area contributed by atoms with Gasteiger partial charge in [-0.05, 0) is 31.1 Å². The van der Waals surface area contributed by atoms with Crippen molar-refractivity contribution in [3.05, 3.63) is 12.2 Å². The third kappa shape index (κ3) is 1.93. The monoisotopic (exact) mass is 224 g/mol. The van der Waals surface area contributed by atoms with Crippen LogP contribution in [-0.2, 0) is 9.47 Å². The van der Waals surface area contributed by atoms with Crippen molar-refractivity contribution in [1.82, 2.24) is 0 Å². The van der Waals surface area contributed by atoms with Gasteiger partial charge in [0.05, 0.1) is 13.2 Å². The third-order valence-electron chi connectivity index (χ3n) is 4.52. The van der Waals surface area contributed by atoms with Crippen LogP contribution < -0.4 is 0 Å². The summed E-state index contributed by atoms with van der Waals surface area (Å²) < 4.78 is 10.9. The van der Waals surface area contributed by atoms with Gasteiger partial charge in [-0.15, -0.1) is 0 Å². The Morgan fingerprint density at radius 1 is 1.19 bits per heavy atom. The Morgan fingerprint density at radius 2 is 1.81 bits per heavy atom. The molecule has 0 N–H and O–H groups in total. The summed E-state index contributed by atoms with van der Waals surface area (Å²) in [5, 5.41) is 0. The molecule has 2 aliphatic carbocycles. The van der Waals surface area contributed by atoms with E-state index >= 15 is 0 Å². The van der Waals surface area contributed by atoms with Crippen LogP contribution in [0.25, 0.3) is 0 Å². The van der Waals surface area contributed by atoms with E-state index in [0.29, 0.717) is 0 Å². The zero-order chi connectivity index (χ0) is 11.6. The maximum atomic E-state index is 5.46. The molecule has 0 bridgehead atoms. The minimum Gasteiger partial charge on any atom is -0.384 e. The van der Waals surface area contributed by atoms with Crippen LogP contribution in [0.4, 0.5) is 0 Å². The first-order valence-corrected chi connectivity index (χ1v) is 6.39. The van der Waals surface area contributed by atoms with Gasteiger partial charge < -0.3 is 9.47 Å². The lowest BCUT2D eigenvalue weighted by Gasteiger charge is -2.38. The zero-order valence-corrected chi connectivity index (χ0v) is 10.6. The van der Waals surface area contributed by atoms with Gasteiger partial charge in [0.25, 0.3) is 0 Å². The molecule has 0 aromatic rings. The molecule has 2 fully saturated rings. The van der Waals surface area contributed by atoms with Crippen molar-refractivity contribution in [2.24, 2.45) is 17.3 Å². The quantitative estimate of drug-likeness (QED) is 0.683. The third-order valence-corrected chi connectivity index (χ3v) is 4.52. The van der Waals surface area contributed by atoms with Gasteiger partial charge in [-0.2, -0.15) is 0 Å². The Labute approximate surface area is 99.0 Å². The van der Waals surface area contributed by atoms with Crippen LogP contribution in [0.3, 0.4) is 0 Å². The molecule has 0 aromatic carbocycles. The topological polar surface area (TPSA) is 18.5 Å². The van der Waals surface area contributed by atoms with Gasteiger partial charge in [0.2, 0.25) is 0 Å². The highest BCUT2D eigenvalue weighted by Gasteiger charge is 2.50. The van der Waals surface area contributed by atoms with Crippen LogP contribution >= 0.6 is 0 Å². The van der Waals surface area contributed by atoms with E-state index in [9.17, 15) is 0 Å². The summed E-state index contributed by atoms with van der Waals surface area (Å²) in [6.45, 7) is 5.93.